The topological polar surface area (TPSA) is 52.1 Å². The van der Waals surface area contributed by atoms with Gasteiger partial charge in [-0.05, 0) is 26.0 Å². The zero-order valence-corrected chi connectivity index (χ0v) is 8.23. The molecule has 0 unspecified atom stereocenters. The van der Waals surface area contributed by atoms with Crippen LogP contribution in [0.25, 0.3) is 6.08 Å². The van der Waals surface area contributed by atoms with Crippen LogP contribution in [0, 0.1) is 6.92 Å². The second-order valence-corrected chi connectivity index (χ2v) is 2.64. The summed E-state index contributed by atoms with van der Waals surface area (Å²) in [4.78, 5) is 19.0. The first-order valence-corrected chi connectivity index (χ1v) is 4.37. The van der Waals surface area contributed by atoms with Crippen molar-refractivity contribution in [2.45, 2.75) is 13.8 Å². The molecule has 0 bridgehead atoms. The minimum Gasteiger partial charge on any atom is -0.463 e. The lowest BCUT2D eigenvalue weighted by atomic mass is 10.4. The summed E-state index contributed by atoms with van der Waals surface area (Å²) in [5, 5.41) is 0. The zero-order valence-electron chi connectivity index (χ0n) is 8.23. The minimum atomic E-state index is -0.377. The molecule has 0 atom stereocenters. The summed E-state index contributed by atoms with van der Waals surface area (Å²) in [5.74, 6) is 0.135. The number of aromatic nitrogens is 2. The summed E-state index contributed by atoms with van der Waals surface area (Å²) in [5.41, 5.74) is 0.864. The minimum absolute atomic E-state index is 0.373. The predicted molar refractivity (Wildman–Crippen MR) is 52.4 cm³/mol. The van der Waals surface area contributed by atoms with E-state index in [2.05, 4.69) is 9.97 Å². The number of esters is 1. The van der Waals surface area contributed by atoms with E-state index in [4.69, 9.17) is 4.74 Å². The van der Waals surface area contributed by atoms with Crippen LogP contribution in [0.2, 0.25) is 0 Å². The van der Waals surface area contributed by atoms with Gasteiger partial charge in [0.25, 0.3) is 0 Å². The third-order valence-corrected chi connectivity index (χ3v) is 1.47. The average molecular weight is 192 g/mol. The summed E-state index contributed by atoms with van der Waals surface area (Å²) in [6, 6.07) is 1.79. The fourth-order valence-electron chi connectivity index (χ4n) is 0.882. The van der Waals surface area contributed by atoms with E-state index in [0.717, 1.165) is 5.69 Å². The first kappa shape index (κ1) is 10.4. The van der Waals surface area contributed by atoms with E-state index in [-0.39, 0.29) is 5.97 Å². The van der Waals surface area contributed by atoms with E-state index in [1.165, 1.54) is 12.2 Å². The van der Waals surface area contributed by atoms with Gasteiger partial charge in [0.2, 0.25) is 0 Å². The van der Waals surface area contributed by atoms with Crippen LogP contribution in [0.3, 0.4) is 0 Å². The molecule has 1 rings (SSSR count). The average Bonchev–Trinajstić information content (AvgIpc) is 2.15. The van der Waals surface area contributed by atoms with Gasteiger partial charge in [0.1, 0.15) is 0 Å². The highest BCUT2D eigenvalue weighted by Gasteiger charge is 1.95. The molecule has 0 aliphatic heterocycles. The third-order valence-electron chi connectivity index (χ3n) is 1.47. The van der Waals surface area contributed by atoms with Crippen LogP contribution in [-0.4, -0.2) is 22.5 Å². The van der Waals surface area contributed by atoms with E-state index in [9.17, 15) is 4.79 Å². The second kappa shape index (κ2) is 5.11. The van der Waals surface area contributed by atoms with Crippen molar-refractivity contribution in [3.05, 3.63) is 29.9 Å². The van der Waals surface area contributed by atoms with Crippen molar-refractivity contribution in [1.82, 2.24) is 9.97 Å². The molecule has 4 heteroatoms. The van der Waals surface area contributed by atoms with Gasteiger partial charge in [0.05, 0.1) is 6.61 Å². The lowest BCUT2D eigenvalue weighted by molar-refractivity contribution is -0.137. The Bertz CT molecular complexity index is 348. The fourth-order valence-corrected chi connectivity index (χ4v) is 0.882. The van der Waals surface area contributed by atoms with Gasteiger partial charge in [-0.2, -0.15) is 0 Å². The maximum atomic E-state index is 10.9. The standard InChI is InChI=1S/C10H12N2O2/c1-3-14-10(13)5-4-9-11-7-6-8(2)12-9/h4-7H,3H2,1-2H3. The first-order valence-electron chi connectivity index (χ1n) is 4.37. The zero-order chi connectivity index (χ0) is 10.4. The van der Waals surface area contributed by atoms with Crippen LogP contribution in [0.4, 0.5) is 0 Å². The number of rotatable bonds is 3. The lowest BCUT2D eigenvalue weighted by Gasteiger charge is -1.95. The number of aryl methyl sites for hydroxylation is 1. The predicted octanol–water partition coefficient (Wildman–Crippen LogP) is 1.36. The molecule has 0 amide bonds. The number of hydrogen-bond donors (Lipinski definition) is 0. The van der Waals surface area contributed by atoms with Gasteiger partial charge in [0.15, 0.2) is 5.82 Å². The molecular formula is C10H12N2O2. The molecule has 0 aliphatic carbocycles. The molecule has 1 aromatic rings. The summed E-state index contributed by atoms with van der Waals surface area (Å²) >= 11 is 0. The van der Waals surface area contributed by atoms with Crippen LogP contribution in [0.15, 0.2) is 18.3 Å². The Labute approximate surface area is 82.6 Å². The molecule has 0 radical (unpaired) electrons. The molecule has 14 heavy (non-hydrogen) atoms. The summed E-state index contributed by atoms with van der Waals surface area (Å²) in [6.45, 7) is 4.00. The van der Waals surface area contributed by atoms with Gasteiger partial charge in [-0.15, -0.1) is 0 Å². The Hall–Kier alpha value is -1.71. The Morgan fingerprint density at radius 1 is 1.64 bits per heavy atom. The SMILES string of the molecule is CCOC(=O)C=Cc1nccc(C)n1. The van der Waals surface area contributed by atoms with Gasteiger partial charge in [-0.25, -0.2) is 14.8 Å². The van der Waals surface area contributed by atoms with E-state index in [1.54, 1.807) is 19.2 Å². The smallest absolute Gasteiger partial charge is 0.330 e. The van der Waals surface area contributed by atoms with E-state index < -0.39 is 0 Å². The molecule has 0 aromatic carbocycles. The van der Waals surface area contributed by atoms with Crippen molar-refractivity contribution in [1.29, 1.82) is 0 Å². The summed E-state index contributed by atoms with van der Waals surface area (Å²) < 4.78 is 4.71. The van der Waals surface area contributed by atoms with E-state index in [0.29, 0.717) is 12.4 Å². The molecule has 0 saturated carbocycles. The molecule has 0 aliphatic rings. The van der Waals surface area contributed by atoms with Crippen LogP contribution in [0.1, 0.15) is 18.4 Å². The Morgan fingerprint density at radius 2 is 2.43 bits per heavy atom. The lowest BCUT2D eigenvalue weighted by Crippen LogP contribution is -1.99. The highest BCUT2D eigenvalue weighted by atomic mass is 16.5. The van der Waals surface area contributed by atoms with Crippen molar-refractivity contribution < 1.29 is 9.53 Å². The van der Waals surface area contributed by atoms with Gasteiger partial charge in [-0.3, -0.25) is 0 Å². The maximum absolute atomic E-state index is 10.9. The highest BCUT2D eigenvalue weighted by Crippen LogP contribution is 1.96. The van der Waals surface area contributed by atoms with Gasteiger partial charge < -0.3 is 4.74 Å². The van der Waals surface area contributed by atoms with Crippen molar-refractivity contribution in [3.8, 4) is 0 Å². The summed E-state index contributed by atoms with van der Waals surface area (Å²) in [6.07, 6.45) is 4.50. The van der Waals surface area contributed by atoms with Crippen molar-refractivity contribution in [3.63, 3.8) is 0 Å². The fraction of sp³-hybridized carbons (Fsp3) is 0.300. The highest BCUT2D eigenvalue weighted by molar-refractivity contribution is 5.86. The monoisotopic (exact) mass is 192 g/mol. The third kappa shape index (κ3) is 3.35. The molecule has 4 nitrogen and oxygen atoms in total. The summed E-state index contributed by atoms with van der Waals surface area (Å²) in [7, 11) is 0. The molecule has 0 spiro atoms. The Morgan fingerprint density at radius 3 is 3.07 bits per heavy atom. The normalized spacial score (nSPS) is 10.4. The van der Waals surface area contributed by atoms with Crippen molar-refractivity contribution in [2.75, 3.05) is 6.61 Å². The second-order valence-electron chi connectivity index (χ2n) is 2.64. The molecule has 0 saturated heterocycles. The molecule has 74 valence electrons. The van der Waals surface area contributed by atoms with Gasteiger partial charge in [0, 0.05) is 18.0 Å². The number of nitrogens with zero attached hydrogens (tertiary/aromatic N) is 2. The van der Waals surface area contributed by atoms with Crippen molar-refractivity contribution in [2.24, 2.45) is 0 Å². The Kier molecular flexibility index (Phi) is 3.79. The van der Waals surface area contributed by atoms with Crippen LogP contribution >= 0.6 is 0 Å². The van der Waals surface area contributed by atoms with E-state index in [1.807, 2.05) is 6.92 Å². The first-order chi connectivity index (χ1) is 6.72. The molecule has 0 fully saturated rings. The van der Waals surface area contributed by atoms with Gasteiger partial charge in [-0.1, -0.05) is 0 Å². The molecular weight excluding hydrogens is 180 g/mol. The molecule has 0 N–H and O–H groups in total. The Balaban J connectivity index is 2.64. The number of carbonyl (C=O) groups is 1. The van der Waals surface area contributed by atoms with Gasteiger partial charge >= 0.3 is 5.97 Å². The van der Waals surface area contributed by atoms with Crippen LogP contribution < -0.4 is 0 Å². The maximum Gasteiger partial charge on any atom is 0.330 e. The van der Waals surface area contributed by atoms with Crippen LogP contribution in [-0.2, 0) is 9.53 Å². The quantitative estimate of drug-likeness (QED) is 0.536. The number of carbonyl (C=O) groups excluding carboxylic acids is 1. The molecule has 1 aromatic heterocycles. The van der Waals surface area contributed by atoms with Crippen LogP contribution in [0.5, 0.6) is 0 Å². The van der Waals surface area contributed by atoms with E-state index >= 15 is 0 Å². The number of ether oxygens (including phenoxy) is 1. The largest absolute Gasteiger partial charge is 0.463 e. The van der Waals surface area contributed by atoms with Crippen molar-refractivity contribution >= 4 is 12.0 Å². The number of hydrogen-bond acceptors (Lipinski definition) is 4. The molecule has 1 heterocycles.